The van der Waals surface area contributed by atoms with E-state index >= 15 is 0 Å². The second-order valence-electron chi connectivity index (χ2n) is 3.67. The summed E-state index contributed by atoms with van der Waals surface area (Å²) in [6.45, 7) is 2.03. The smallest absolute Gasteiger partial charge is 0.0998 e. The summed E-state index contributed by atoms with van der Waals surface area (Å²) in [6, 6.07) is 15.5. The van der Waals surface area contributed by atoms with Crippen LogP contribution in [0.1, 0.15) is 11.1 Å². The Morgan fingerprint density at radius 2 is 1.75 bits per heavy atom. The molecular weight excluding hydrogens is 218 g/mol. The zero-order chi connectivity index (χ0) is 11.5. The van der Waals surface area contributed by atoms with Crippen molar-refractivity contribution >= 4 is 11.6 Å². The van der Waals surface area contributed by atoms with E-state index in [-0.39, 0.29) is 0 Å². The Balaban J connectivity index is 2.59. The number of hydrogen-bond acceptors (Lipinski definition) is 1. The van der Waals surface area contributed by atoms with Gasteiger partial charge in [0.05, 0.1) is 11.6 Å². The van der Waals surface area contributed by atoms with Crippen LogP contribution in [-0.4, -0.2) is 0 Å². The Labute approximate surface area is 99.9 Å². The molecule has 2 aromatic rings. The van der Waals surface area contributed by atoms with Gasteiger partial charge in [-0.3, -0.25) is 0 Å². The number of rotatable bonds is 1. The fraction of sp³-hybridized carbons (Fsp3) is 0.0714. The van der Waals surface area contributed by atoms with Crippen LogP contribution in [-0.2, 0) is 0 Å². The molecule has 0 amide bonds. The first kappa shape index (κ1) is 10.7. The molecule has 0 radical (unpaired) electrons. The molecule has 0 aromatic heterocycles. The molecule has 0 heterocycles. The van der Waals surface area contributed by atoms with Crippen LogP contribution in [0.3, 0.4) is 0 Å². The number of nitrogens with zero attached hydrogens (tertiary/aromatic N) is 1. The minimum Gasteiger partial charge on any atom is -0.192 e. The number of hydrogen-bond donors (Lipinski definition) is 0. The molecule has 0 bridgehead atoms. The molecule has 0 saturated carbocycles. The maximum atomic E-state index is 9.03. The van der Waals surface area contributed by atoms with Gasteiger partial charge in [0, 0.05) is 10.6 Å². The number of benzene rings is 2. The predicted molar refractivity (Wildman–Crippen MR) is 66.3 cm³/mol. The largest absolute Gasteiger partial charge is 0.192 e. The van der Waals surface area contributed by atoms with E-state index in [0.29, 0.717) is 10.6 Å². The normalized spacial score (nSPS) is 9.81. The Morgan fingerprint density at radius 1 is 1.06 bits per heavy atom. The average Bonchev–Trinajstić information content (AvgIpc) is 2.30. The molecule has 1 nitrogen and oxygen atoms in total. The number of halogens is 1. The fourth-order valence-corrected chi connectivity index (χ4v) is 1.76. The summed E-state index contributed by atoms with van der Waals surface area (Å²) < 4.78 is 0. The lowest BCUT2D eigenvalue weighted by atomic mass is 9.99. The summed E-state index contributed by atoms with van der Waals surface area (Å²) in [5.74, 6) is 0. The van der Waals surface area contributed by atoms with Crippen LogP contribution in [0.4, 0.5) is 0 Å². The van der Waals surface area contributed by atoms with Gasteiger partial charge in [0.2, 0.25) is 0 Å². The van der Waals surface area contributed by atoms with E-state index in [0.717, 1.165) is 11.1 Å². The number of nitriles is 1. The minimum atomic E-state index is 0.647. The van der Waals surface area contributed by atoms with Crippen molar-refractivity contribution in [2.75, 3.05) is 0 Å². The van der Waals surface area contributed by atoms with E-state index in [2.05, 4.69) is 6.07 Å². The lowest BCUT2D eigenvalue weighted by molar-refractivity contribution is 1.45. The summed E-state index contributed by atoms with van der Waals surface area (Å²) in [6.07, 6.45) is 0. The average molecular weight is 228 g/mol. The molecule has 0 spiro atoms. The van der Waals surface area contributed by atoms with Gasteiger partial charge in [-0.25, -0.2) is 0 Å². The lowest BCUT2D eigenvalue weighted by Crippen LogP contribution is -1.84. The third kappa shape index (κ3) is 2.08. The van der Waals surface area contributed by atoms with Crippen LogP contribution in [0.15, 0.2) is 42.5 Å². The third-order valence-corrected chi connectivity index (χ3v) is 2.70. The Bertz CT molecular complexity index is 550. The molecule has 0 N–H and O–H groups in total. The molecule has 2 rings (SSSR count). The summed E-state index contributed by atoms with van der Waals surface area (Å²) in [4.78, 5) is 0. The molecule has 0 aliphatic carbocycles. The first-order valence-electron chi connectivity index (χ1n) is 4.97. The van der Waals surface area contributed by atoms with Gasteiger partial charge in [-0.2, -0.15) is 5.26 Å². The highest BCUT2D eigenvalue weighted by Gasteiger charge is 2.05. The zero-order valence-electron chi connectivity index (χ0n) is 8.87. The van der Waals surface area contributed by atoms with Crippen molar-refractivity contribution in [2.45, 2.75) is 6.92 Å². The van der Waals surface area contributed by atoms with E-state index in [1.54, 1.807) is 12.1 Å². The third-order valence-electron chi connectivity index (χ3n) is 2.46. The van der Waals surface area contributed by atoms with Crippen LogP contribution >= 0.6 is 11.6 Å². The highest BCUT2D eigenvalue weighted by atomic mass is 35.5. The first-order valence-corrected chi connectivity index (χ1v) is 5.35. The molecule has 0 aliphatic rings. The first-order chi connectivity index (χ1) is 7.70. The summed E-state index contributed by atoms with van der Waals surface area (Å²) in [7, 11) is 0. The van der Waals surface area contributed by atoms with Gasteiger partial charge in [0.25, 0.3) is 0 Å². The molecule has 16 heavy (non-hydrogen) atoms. The maximum absolute atomic E-state index is 9.03. The van der Waals surface area contributed by atoms with Crippen molar-refractivity contribution in [3.8, 4) is 17.2 Å². The van der Waals surface area contributed by atoms with Crippen LogP contribution in [0.2, 0.25) is 5.02 Å². The lowest BCUT2D eigenvalue weighted by Gasteiger charge is -2.05. The van der Waals surface area contributed by atoms with Crippen molar-refractivity contribution in [2.24, 2.45) is 0 Å². The van der Waals surface area contributed by atoms with Gasteiger partial charge in [-0.05, 0) is 30.7 Å². The molecule has 0 fully saturated rings. The van der Waals surface area contributed by atoms with Gasteiger partial charge < -0.3 is 0 Å². The molecule has 0 saturated heterocycles. The highest BCUT2D eigenvalue weighted by Crippen LogP contribution is 2.26. The predicted octanol–water partition coefficient (Wildman–Crippen LogP) is 4.19. The highest BCUT2D eigenvalue weighted by molar-refractivity contribution is 6.30. The summed E-state index contributed by atoms with van der Waals surface area (Å²) >= 11 is 5.95. The van der Waals surface area contributed by atoms with Crippen LogP contribution < -0.4 is 0 Å². The van der Waals surface area contributed by atoms with E-state index in [4.69, 9.17) is 16.9 Å². The molecule has 0 unspecified atom stereocenters. The topological polar surface area (TPSA) is 23.8 Å². The monoisotopic (exact) mass is 227 g/mol. The van der Waals surface area contributed by atoms with Crippen LogP contribution in [0, 0.1) is 18.3 Å². The number of aryl methyl sites for hydroxylation is 1. The van der Waals surface area contributed by atoms with Crippen molar-refractivity contribution < 1.29 is 0 Å². The van der Waals surface area contributed by atoms with E-state index in [9.17, 15) is 0 Å². The zero-order valence-corrected chi connectivity index (χ0v) is 9.62. The van der Waals surface area contributed by atoms with Gasteiger partial charge in [-0.1, -0.05) is 41.4 Å². The SMILES string of the molecule is Cc1ccc(-c2cc(Cl)ccc2C#N)cc1. The molecule has 2 heteroatoms. The minimum absolute atomic E-state index is 0.647. The Kier molecular flexibility index (Phi) is 2.94. The summed E-state index contributed by atoms with van der Waals surface area (Å²) in [5.41, 5.74) is 3.75. The standard InChI is InChI=1S/C14H10ClN/c1-10-2-4-11(5-3-10)14-8-13(15)7-6-12(14)9-16/h2-8H,1H3. The maximum Gasteiger partial charge on any atom is 0.0998 e. The second-order valence-corrected chi connectivity index (χ2v) is 4.10. The van der Waals surface area contributed by atoms with Crippen molar-refractivity contribution in [3.63, 3.8) is 0 Å². The Morgan fingerprint density at radius 3 is 2.38 bits per heavy atom. The molecule has 2 aromatic carbocycles. The van der Waals surface area contributed by atoms with Crippen LogP contribution in [0.25, 0.3) is 11.1 Å². The van der Waals surface area contributed by atoms with E-state index in [1.165, 1.54) is 5.56 Å². The van der Waals surface area contributed by atoms with Crippen LogP contribution in [0.5, 0.6) is 0 Å². The fourth-order valence-electron chi connectivity index (χ4n) is 1.59. The molecule has 0 aliphatic heterocycles. The van der Waals surface area contributed by atoms with Crippen molar-refractivity contribution in [3.05, 3.63) is 58.6 Å². The second kappa shape index (κ2) is 4.38. The molecule has 78 valence electrons. The van der Waals surface area contributed by atoms with Gasteiger partial charge >= 0.3 is 0 Å². The summed E-state index contributed by atoms with van der Waals surface area (Å²) in [5, 5.41) is 9.68. The van der Waals surface area contributed by atoms with Gasteiger partial charge in [0.1, 0.15) is 0 Å². The quantitative estimate of drug-likeness (QED) is 0.717. The van der Waals surface area contributed by atoms with Gasteiger partial charge in [-0.15, -0.1) is 0 Å². The van der Waals surface area contributed by atoms with E-state index < -0.39 is 0 Å². The van der Waals surface area contributed by atoms with E-state index in [1.807, 2.05) is 37.3 Å². The van der Waals surface area contributed by atoms with Gasteiger partial charge in [0.15, 0.2) is 0 Å². The molecular formula is C14H10ClN. The molecule has 0 atom stereocenters. The van der Waals surface area contributed by atoms with Crippen molar-refractivity contribution in [1.82, 2.24) is 0 Å². The Hall–Kier alpha value is -1.78. The van der Waals surface area contributed by atoms with Crippen molar-refractivity contribution in [1.29, 1.82) is 5.26 Å².